The van der Waals surface area contributed by atoms with Crippen LogP contribution in [0.2, 0.25) is 5.02 Å². The lowest BCUT2D eigenvalue weighted by Gasteiger charge is -2.01. The van der Waals surface area contributed by atoms with Crippen LogP contribution in [0.3, 0.4) is 0 Å². The molecule has 13 heavy (non-hydrogen) atoms. The summed E-state index contributed by atoms with van der Waals surface area (Å²) in [5, 5.41) is 4.90. The van der Waals surface area contributed by atoms with Gasteiger partial charge in [0.05, 0.1) is 18.2 Å². The van der Waals surface area contributed by atoms with E-state index in [4.69, 9.17) is 16.3 Å². The van der Waals surface area contributed by atoms with Crippen LogP contribution in [-0.2, 0) is 11.3 Å². The third kappa shape index (κ3) is 3.83. The lowest BCUT2D eigenvalue weighted by Crippen LogP contribution is -2.06. The van der Waals surface area contributed by atoms with E-state index in [1.54, 1.807) is 4.68 Å². The Hall–Kier alpha value is 0.190. The van der Waals surface area contributed by atoms with Gasteiger partial charge in [0.1, 0.15) is 3.70 Å². The Kier molecular flexibility index (Phi) is 5.05. The van der Waals surface area contributed by atoms with Gasteiger partial charge in [0.2, 0.25) is 0 Å². The van der Waals surface area contributed by atoms with Crippen LogP contribution in [0.5, 0.6) is 0 Å². The number of halogens is 2. The van der Waals surface area contributed by atoms with Gasteiger partial charge in [0.15, 0.2) is 0 Å². The van der Waals surface area contributed by atoms with Crippen LogP contribution < -0.4 is 0 Å². The van der Waals surface area contributed by atoms with Crippen LogP contribution >= 0.6 is 34.2 Å². The molecule has 0 saturated carbocycles. The van der Waals surface area contributed by atoms with E-state index in [0.29, 0.717) is 11.6 Å². The van der Waals surface area contributed by atoms with E-state index in [-0.39, 0.29) is 0 Å². The van der Waals surface area contributed by atoms with Crippen molar-refractivity contribution in [2.75, 3.05) is 13.2 Å². The monoisotopic (exact) mass is 314 g/mol. The highest BCUT2D eigenvalue weighted by Gasteiger charge is 2.01. The highest BCUT2D eigenvalue weighted by molar-refractivity contribution is 14.1. The Morgan fingerprint density at radius 3 is 2.92 bits per heavy atom. The standard InChI is InChI=1S/C8H12ClIN2O/c1-2-4-13-5-3-12-6-7(9)8(10)11-12/h6H,2-5H2,1H3. The maximum absolute atomic E-state index is 5.84. The van der Waals surface area contributed by atoms with Gasteiger partial charge in [0, 0.05) is 12.8 Å². The summed E-state index contributed by atoms with van der Waals surface area (Å²) in [6.45, 7) is 4.37. The second-order valence-electron chi connectivity index (χ2n) is 2.64. The molecule has 0 saturated heterocycles. The summed E-state index contributed by atoms with van der Waals surface area (Å²) < 4.78 is 7.98. The maximum atomic E-state index is 5.84. The summed E-state index contributed by atoms with van der Waals surface area (Å²) in [6.07, 6.45) is 2.87. The van der Waals surface area contributed by atoms with Crippen molar-refractivity contribution < 1.29 is 4.74 Å². The minimum Gasteiger partial charge on any atom is -0.380 e. The minimum atomic E-state index is 0.696. The normalized spacial score (nSPS) is 10.7. The summed E-state index contributed by atoms with van der Waals surface area (Å²) in [4.78, 5) is 0. The molecule has 0 atom stereocenters. The molecule has 0 fully saturated rings. The van der Waals surface area contributed by atoms with Gasteiger partial charge in [-0.1, -0.05) is 18.5 Å². The Labute approximate surface area is 96.5 Å². The van der Waals surface area contributed by atoms with Gasteiger partial charge in [-0.2, -0.15) is 5.10 Å². The molecule has 5 heteroatoms. The van der Waals surface area contributed by atoms with Crippen molar-refractivity contribution in [1.29, 1.82) is 0 Å². The third-order valence-corrected chi connectivity index (χ3v) is 2.88. The van der Waals surface area contributed by atoms with Gasteiger partial charge >= 0.3 is 0 Å². The van der Waals surface area contributed by atoms with Crippen molar-refractivity contribution in [1.82, 2.24) is 9.78 Å². The van der Waals surface area contributed by atoms with E-state index in [1.165, 1.54) is 0 Å². The average molecular weight is 315 g/mol. The molecule has 1 heterocycles. The molecule has 0 bridgehead atoms. The Balaban J connectivity index is 2.29. The molecule has 0 aliphatic rings. The molecule has 0 aromatic carbocycles. The third-order valence-electron chi connectivity index (χ3n) is 1.49. The van der Waals surface area contributed by atoms with Gasteiger partial charge in [-0.3, -0.25) is 4.68 Å². The van der Waals surface area contributed by atoms with Crippen molar-refractivity contribution in [3.05, 3.63) is 14.9 Å². The maximum Gasteiger partial charge on any atom is 0.141 e. The zero-order chi connectivity index (χ0) is 9.68. The first-order valence-electron chi connectivity index (χ1n) is 4.20. The number of aromatic nitrogens is 2. The fourth-order valence-corrected chi connectivity index (χ4v) is 1.46. The smallest absolute Gasteiger partial charge is 0.141 e. The van der Waals surface area contributed by atoms with Crippen LogP contribution in [0.15, 0.2) is 6.20 Å². The van der Waals surface area contributed by atoms with E-state index < -0.39 is 0 Å². The van der Waals surface area contributed by atoms with Crippen LogP contribution in [0.4, 0.5) is 0 Å². The van der Waals surface area contributed by atoms with Crippen LogP contribution in [0, 0.1) is 3.70 Å². The van der Waals surface area contributed by atoms with Gasteiger partial charge in [-0.05, 0) is 29.0 Å². The van der Waals surface area contributed by atoms with Crippen molar-refractivity contribution >= 4 is 34.2 Å². The minimum absolute atomic E-state index is 0.696. The topological polar surface area (TPSA) is 27.1 Å². The first-order valence-corrected chi connectivity index (χ1v) is 5.66. The second kappa shape index (κ2) is 5.82. The van der Waals surface area contributed by atoms with Crippen molar-refractivity contribution in [2.24, 2.45) is 0 Å². The first kappa shape index (κ1) is 11.3. The molecule has 0 amide bonds. The Bertz CT molecular complexity index is 245. The number of ether oxygens (including phenoxy) is 1. The predicted molar refractivity (Wildman–Crippen MR) is 61.1 cm³/mol. The molecule has 0 aliphatic heterocycles. The fourth-order valence-electron chi connectivity index (χ4n) is 0.893. The SMILES string of the molecule is CCCOCCn1cc(Cl)c(I)n1. The van der Waals surface area contributed by atoms with E-state index in [9.17, 15) is 0 Å². The molecule has 0 unspecified atom stereocenters. The number of rotatable bonds is 5. The summed E-state index contributed by atoms with van der Waals surface area (Å²) >= 11 is 7.95. The molecule has 1 rings (SSSR count). The van der Waals surface area contributed by atoms with Gasteiger partial charge in [-0.15, -0.1) is 0 Å². The van der Waals surface area contributed by atoms with E-state index in [1.807, 2.05) is 6.20 Å². The summed E-state index contributed by atoms with van der Waals surface area (Å²) in [7, 11) is 0. The number of nitrogens with zero attached hydrogens (tertiary/aromatic N) is 2. The Morgan fingerprint density at radius 2 is 2.38 bits per heavy atom. The summed E-state index contributed by atoms with van der Waals surface area (Å²) in [5.74, 6) is 0. The highest BCUT2D eigenvalue weighted by Crippen LogP contribution is 2.15. The predicted octanol–water partition coefficient (Wildman–Crippen LogP) is 2.57. The Morgan fingerprint density at radius 1 is 1.62 bits per heavy atom. The van der Waals surface area contributed by atoms with Gasteiger partial charge in [0.25, 0.3) is 0 Å². The summed E-state index contributed by atoms with van der Waals surface area (Å²) in [6, 6.07) is 0. The molecule has 0 aliphatic carbocycles. The number of hydrogen-bond acceptors (Lipinski definition) is 2. The molecular weight excluding hydrogens is 302 g/mol. The molecule has 0 N–H and O–H groups in total. The van der Waals surface area contributed by atoms with Gasteiger partial charge < -0.3 is 4.74 Å². The zero-order valence-electron chi connectivity index (χ0n) is 7.46. The number of hydrogen-bond donors (Lipinski definition) is 0. The summed E-state index contributed by atoms with van der Waals surface area (Å²) in [5.41, 5.74) is 0. The van der Waals surface area contributed by atoms with Crippen LogP contribution in [0.1, 0.15) is 13.3 Å². The second-order valence-corrected chi connectivity index (χ2v) is 4.07. The molecule has 0 spiro atoms. The lowest BCUT2D eigenvalue weighted by atomic mass is 10.5. The fraction of sp³-hybridized carbons (Fsp3) is 0.625. The molecule has 0 radical (unpaired) electrons. The molecule has 3 nitrogen and oxygen atoms in total. The quantitative estimate of drug-likeness (QED) is 0.617. The molecule has 1 aromatic rings. The molecule has 74 valence electrons. The highest BCUT2D eigenvalue weighted by atomic mass is 127. The van der Waals surface area contributed by atoms with Gasteiger partial charge in [-0.25, -0.2) is 0 Å². The van der Waals surface area contributed by atoms with E-state index >= 15 is 0 Å². The van der Waals surface area contributed by atoms with E-state index in [0.717, 1.165) is 23.3 Å². The first-order chi connectivity index (χ1) is 6.24. The molecular formula is C8H12ClIN2O. The molecule has 1 aromatic heterocycles. The zero-order valence-corrected chi connectivity index (χ0v) is 10.4. The largest absolute Gasteiger partial charge is 0.380 e. The average Bonchev–Trinajstić information content (AvgIpc) is 2.41. The lowest BCUT2D eigenvalue weighted by molar-refractivity contribution is 0.124. The van der Waals surface area contributed by atoms with Crippen molar-refractivity contribution in [3.63, 3.8) is 0 Å². The van der Waals surface area contributed by atoms with E-state index in [2.05, 4.69) is 34.6 Å². The van der Waals surface area contributed by atoms with Crippen molar-refractivity contribution in [3.8, 4) is 0 Å². The van der Waals surface area contributed by atoms with Crippen molar-refractivity contribution in [2.45, 2.75) is 19.9 Å². The van der Waals surface area contributed by atoms with Crippen LogP contribution in [0.25, 0.3) is 0 Å². The van der Waals surface area contributed by atoms with Crippen LogP contribution in [-0.4, -0.2) is 23.0 Å².